The van der Waals surface area contributed by atoms with Crippen molar-refractivity contribution in [1.29, 1.82) is 0 Å². The van der Waals surface area contributed by atoms with Crippen molar-refractivity contribution in [1.82, 2.24) is 5.32 Å². The van der Waals surface area contributed by atoms with E-state index in [1.165, 1.54) is 54.7 Å². The van der Waals surface area contributed by atoms with Gasteiger partial charge < -0.3 is 5.32 Å². The molecule has 0 saturated heterocycles. The summed E-state index contributed by atoms with van der Waals surface area (Å²) in [5.41, 5.74) is 0. The highest BCUT2D eigenvalue weighted by Crippen LogP contribution is 2.34. The second-order valence-corrected chi connectivity index (χ2v) is 6.44. The summed E-state index contributed by atoms with van der Waals surface area (Å²) in [6.07, 6.45) is 9.76. The van der Waals surface area contributed by atoms with E-state index in [9.17, 15) is 0 Å². The fourth-order valence-corrected chi connectivity index (χ4v) is 3.98. The molecule has 0 bridgehead atoms. The SMILES string of the molecule is CCc1ccc(C(CC2CCCCC2)NC)s1. The third-order valence-electron chi connectivity index (χ3n) is 4.02. The molecule has 1 aliphatic rings. The smallest absolute Gasteiger partial charge is 0.0415 e. The molecular formula is C15H25NS. The minimum atomic E-state index is 0.586. The second kappa shape index (κ2) is 6.55. The zero-order valence-corrected chi connectivity index (χ0v) is 12.0. The molecule has 1 N–H and O–H groups in total. The Bertz CT molecular complexity index is 325. The predicted molar refractivity (Wildman–Crippen MR) is 76.7 cm³/mol. The third-order valence-corrected chi connectivity index (χ3v) is 5.36. The maximum atomic E-state index is 3.51. The molecular weight excluding hydrogens is 226 g/mol. The fraction of sp³-hybridized carbons (Fsp3) is 0.733. The van der Waals surface area contributed by atoms with E-state index in [2.05, 4.69) is 31.4 Å². The van der Waals surface area contributed by atoms with Crippen molar-refractivity contribution in [3.63, 3.8) is 0 Å². The molecule has 1 saturated carbocycles. The van der Waals surface area contributed by atoms with Crippen LogP contribution >= 0.6 is 11.3 Å². The normalized spacial score (nSPS) is 19.4. The van der Waals surface area contributed by atoms with Crippen LogP contribution in [0.5, 0.6) is 0 Å². The van der Waals surface area contributed by atoms with E-state index in [1.54, 1.807) is 0 Å². The van der Waals surface area contributed by atoms with Crippen molar-refractivity contribution < 1.29 is 0 Å². The average molecular weight is 251 g/mol. The Morgan fingerprint density at radius 3 is 2.65 bits per heavy atom. The van der Waals surface area contributed by atoms with Crippen LogP contribution in [0.15, 0.2) is 12.1 Å². The summed E-state index contributed by atoms with van der Waals surface area (Å²) in [7, 11) is 2.11. The van der Waals surface area contributed by atoms with Gasteiger partial charge in [0.05, 0.1) is 0 Å². The van der Waals surface area contributed by atoms with E-state index in [0.717, 1.165) is 5.92 Å². The minimum Gasteiger partial charge on any atom is -0.312 e. The van der Waals surface area contributed by atoms with Crippen LogP contribution in [0.1, 0.15) is 61.2 Å². The van der Waals surface area contributed by atoms with Crippen LogP contribution in [-0.2, 0) is 6.42 Å². The highest BCUT2D eigenvalue weighted by Gasteiger charge is 2.20. The lowest BCUT2D eigenvalue weighted by Gasteiger charge is -2.25. The van der Waals surface area contributed by atoms with Gasteiger partial charge in [0.2, 0.25) is 0 Å². The first kappa shape index (κ1) is 13.1. The van der Waals surface area contributed by atoms with Gasteiger partial charge in [-0.3, -0.25) is 0 Å². The van der Waals surface area contributed by atoms with Crippen molar-refractivity contribution in [3.8, 4) is 0 Å². The Morgan fingerprint density at radius 2 is 2.06 bits per heavy atom. The quantitative estimate of drug-likeness (QED) is 0.810. The molecule has 96 valence electrons. The maximum Gasteiger partial charge on any atom is 0.0415 e. The maximum absolute atomic E-state index is 3.51. The van der Waals surface area contributed by atoms with Crippen LogP contribution in [0.3, 0.4) is 0 Å². The Morgan fingerprint density at radius 1 is 1.29 bits per heavy atom. The van der Waals surface area contributed by atoms with E-state index in [1.807, 2.05) is 11.3 Å². The molecule has 1 fully saturated rings. The van der Waals surface area contributed by atoms with Gasteiger partial charge in [0.1, 0.15) is 0 Å². The first-order valence-corrected chi connectivity index (χ1v) is 7.91. The van der Waals surface area contributed by atoms with Gasteiger partial charge in [0.25, 0.3) is 0 Å². The highest BCUT2D eigenvalue weighted by molar-refractivity contribution is 7.12. The first-order chi connectivity index (χ1) is 8.33. The molecule has 1 unspecified atom stereocenters. The van der Waals surface area contributed by atoms with E-state index in [4.69, 9.17) is 0 Å². The van der Waals surface area contributed by atoms with Crippen molar-refractivity contribution in [2.45, 2.75) is 57.9 Å². The van der Waals surface area contributed by atoms with Gasteiger partial charge in [0, 0.05) is 15.8 Å². The number of rotatable bonds is 5. The largest absolute Gasteiger partial charge is 0.312 e. The van der Waals surface area contributed by atoms with E-state index >= 15 is 0 Å². The molecule has 1 atom stereocenters. The number of aryl methyl sites for hydroxylation is 1. The number of nitrogens with one attached hydrogen (secondary N) is 1. The summed E-state index contributed by atoms with van der Waals surface area (Å²) >= 11 is 1.99. The zero-order valence-electron chi connectivity index (χ0n) is 11.2. The Kier molecular flexibility index (Phi) is 5.05. The van der Waals surface area contributed by atoms with Crippen LogP contribution in [0, 0.1) is 5.92 Å². The van der Waals surface area contributed by atoms with Crippen LogP contribution in [0.25, 0.3) is 0 Å². The van der Waals surface area contributed by atoms with Crippen LogP contribution in [0.4, 0.5) is 0 Å². The monoisotopic (exact) mass is 251 g/mol. The lowest BCUT2D eigenvalue weighted by Crippen LogP contribution is -2.20. The molecule has 2 rings (SSSR count). The van der Waals surface area contributed by atoms with Crippen molar-refractivity contribution in [2.24, 2.45) is 5.92 Å². The molecule has 0 spiro atoms. The Hall–Kier alpha value is -0.340. The van der Waals surface area contributed by atoms with Crippen molar-refractivity contribution >= 4 is 11.3 Å². The summed E-state index contributed by atoms with van der Waals surface area (Å²) < 4.78 is 0. The van der Waals surface area contributed by atoms with Gasteiger partial charge in [-0.15, -0.1) is 11.3 Å². The fourth-order valence-electron chi connectivity index (χ4n) is 2.90. The predicted octanol–water partition coefficient (Wildman–Crippen LogP) is 4.54. The van der Waals surface area contributed by atoms with Gasteiger partial charge in [0.15, 0.2) is 0 Å². The topological polar surface area (TPSA) is 12.0 Å². The second-order valence-electron chi connectivity index (χ2n) is 5.24. The Balaban J connectivity index is 1.95. The summed E-state index contributed by atoms with van der Waals surface area (Å²) in [6.45, 7) is 2.24. The number of hydrogen-bond donors (Lipinski definition) is 1. The molecule has 0 amide bonds. The van der Waals surface area contributed by atoms with Crippen molar-refractivity contribution in [2.75, 3.05) is 7.05 Å². The number of thiophene rings is 1. The van der Waals surface area contributed by atoms with Gasteiger partial charge >= 0.3 is 0 Å². The summed E-state index contributed by atoms with van der Waals surface area (Å²) in [5, 5.41) is 3.51. The molecule has 17 heavy (non-hydrogen) atoms. The van der Waals surface area contributed by atoms with E-state index in [-0.39, 0.29) is 0 Å². The molecule has 0 radical (unpaired) electrons. The van der Waals surface area contributed by atoms with Gasteiger partial charge in [-0.2, -0.15) is 0 Å². The Labute approximate surface area is 110 Å². The molecule has 1 aliphatic carbocycles. The molecule has 2 heteroatoms. The van der Waals surface area contributed by atoms with Gasteiger partial charge in [-0.1, -0.05) is 39.0 Å². The van der Waals surface area contributed by atoms with Crippen molar-refractivity contribution in [3.05, 3.63) is 21.9 Å². The van der Waals surface area contributed by atoms with Gasteiger partial charge in [-0.25, -0.2) is 0 Å². The van der Waals surface area contributed by atoms with Crippen LogP contribution in [0.2, 0.25) is 0 Å². The van der Waals surface area contributed by atoms with Gasteiger partial charge in [-0.05, 0) is 37.9 Å². The lowest BCUT2D eigenvalue weighted by atomic mass is 9.84. The average Bonchev–Trinajstić information content (AvgIpc) is 2.86. The summed E-state index contributed by atoms with van der Waals surface area (Å²) in [5.74, 6) is 0.952. The summed E-state index contributed by atoms with van der Waals surface area (Å²) in [4.78, 5) is 3.05. The molecule has 1 nitrogen and oxygen atoms in total. The zero-order chi connectivity index (χ0) is 12.1. The van der Waals surface area contributed by atoms with Crippen LogP contribution < -0.4 is 5.32 Å². The summed E-state index contributed by atoms with van der Waals surface area (Å²) in [6, 6.07) is 5.21. The molecule has 0 aromatic carbocycles. The van der Waals surface area contributed by atoms with E-state index < -0.39 is 0 Å². The molecule has 1 heterocycles. The van der Waals surface area contributed by atoms with Crippen LogP contribution in [-0.4, -0.2) is 7.05 Å². The molecule has 1 aromatic heterocycles. The lowest BCUT2D eigenvalue weighted by molar-refractivity contribution is 0.307. The third kappa shape index (κ3) is 3.56. The molecule has 0 aliphatic heterocycles. The standard InChI is InChI=1S/C15H25NS/c1-3-13-9-10-15(17-13)14(16-2)11-12-7-5-4-6-8-12/h9-10,12,14,16H,3-8,11H2,1-2H3. The molecule has 1 aromatic rings. The first-order valence-electron chi connectivity index (χ1n) is 7.09. The number of hydrogen-bond acceptors (Lipinski definition) is 2. The van der Waals surface area contributed by atoms with E-state index in [0.29, 0.717) is 6.04 Å². The minimum absolute atomic E-state index is 0.586. The highest BCUT2D eigenvalue weighted by atomic mass is 32.1.